The van der Waals surface area contributed by atoms with Crippen LogP contribution >= 0.6 is 23.2 Å². The normalized spacial score (nSPS) is 27.9. The van der Waals surface area contributed by atoms with E-state index < -0.39 is 29.3 Å². The number of carbonyl (C=O) groups is 2. The Morgan fingerprint density at radius 3 is 2.29 bits per heavy atom. The minimum absolute atomic E-state index is 0.0330. The summed E-state index contributed by atoms with van der Waals surface area (Å²) in [5.41, 5.74) is 0.773. The van der Waals surface area contributed by atoms with Crippen LogP contribution in [0.15, 0.2) is 34.1 Å². The van der Waals surface area contributed by atoms with E-state index in [1.54, 1.807) is 25.1 Å². The number of carbonyl (C=O) groups excluding carboxylic acids is 2. The molecule has 11 heteroatoms. The monoisotopic (exact) mass is 522 g/mol. The number of alkyl halides is 2. The van der Waals surface area contributed by atoms with Gasteiger partial charge in [0.15, 0.2) is 28.9 Å². The van der Waals surface area contributed by atoms with E-state index >= 15 is 0 Å². The zero-order valence-corrected chi connectivity index (χ0v) is 21.1. The second-order valence-electron chi connectivity index (χ2n) is 8.71. The Labute approximate surface area is 211 Å². The second kappa shape index (κ2) is 8.95. The molecule has 5 rings (SSSR count). The van der Waals surface area contributed by atoms with Crippen molar-refractivity contribution in [2.45, 2.75) is 42.7 Å². The summed E-state index contributed by atoms with van der Waals surface area (Å²) >= 11 is 12.9. The summed E-state index contributed by atoms with van der Waals surface area (Å²) in [6.45, 7) is 1.72. The molecule has 1 saturated carbocycles. The summed E-state index contributed by atoms with van der Waals surface area (Å²) in [5.74, 6) is 0.568. The van der Waals surface area contributed by atoms with Gasteiger partial charge in [-0.25, -0.2) is 0 Å². The fourth-order valence-corrected chi connectivity index (χ4v) is 6.04. The highest BCUT2D eigenvalue weighted by Crippen LogP contribution is 2.51. The number of Topliss-reactive ketones (excluding diaryl/α,β-unsaturated/α-hetero) is 1. The topological polar surface area (TPSA) is 100 Å². The van der Waals surface area contributed by atoms with Crippen molar-refractivity contribution in [1.29, 1.82) is 0 Å². The van der Waals surface area contributed by atoms with Gasteiger partial charge in [0.05, 0.1) is 44.2 Å². The maximum absolute atomic E-state index is 13.9. The van der Waals surface area contributed by atoms with Crippen molar-refractivity contribution < 1.29 is 33.1 Å². The molecular weight excluding hydrogens is 499 g/mol. The first kappa shape index (κ1) is 23.8. The molecule has 1 fully saturated rings. The SMILES string of the molecule is COc1cc(C2C3=C(OC4C(Cl)CC(Cl)CC4C3=O)C(=O)N2c2cc(C)on2)cc(OC)c1OC. The largest absolute Gasteiger partial charge is 0.493 e. The number of benzene rings is 1. The molecule has 0 spiro atoms. The van der Waals surface area contributed by atoms with Crippen LogP contribution in [0.2, 0.25) is 0 Å². The first-order valence-corrected chi connectivity index (χ1v) is 12.0. The van der Waals surface area contributed by atoms with Gasteiger partial charge in [0.2, 0.25) is 5.75 Å². The maximum atomic E-state index is 13.9. The Morgan fingerprint density at radius 1 is 1.03 bits per heavy atom. The Bertz CT molecular complexity index is 1200. The number of halogens is 2. The molecule has 1 aliphatic carbocycles. The fraction of sp³-hybridized carbons (Fsp3) is 0.458. The predicted molar refractivity (Wildman–Crippen MR) is 126 cm³/mol. The number of methoxy groups -OCH3 is 3. The predicted octanol–water partition coefficient (Wildman–Crippen LogP) is 3.94. The van der Waals surface area contributed by atoms with E-state index in [4.69, 9.17) is 46.7 Å². The van der Waals surface area contributed by atoms with Crippen molar-refractivity contribution in [1.82, 2.24) is 5.16 Å². The highest BCUT2D eigenvalue weighted by molar-refractivity contribution is 6.25. The lowest BCUT2D eigenvalue weighted by molar-refractivity contribution is -0.131. The smallest absolute Gasteiger partial charge is 0.295 e. The minimum atomic E-state index is -0.867. The molecule has 0 radical (unpaired) electrons. The molecule has 186 valence electrons. The highest BCUT2D eigenvalue weighted by Gasteiger charge is 2.55. The molecular formula is C24H24Cl2N2O7. The van der Waals surface area contributed by atoms with Crippen LogP contribution in [0.4, 0.5) is 5.82 Å². The molecule has 9 nitrogen and oxygen atoms in total. The van der Waals surface area contributed by atoms with Gasteiger partial charge in [0.25, 0.3) is 5.91 Å². The van der Waals surface area contributed by atoms with Gasteiger partial charge in [-0.1, -0.05) is 5.16 Å². The van der Waals surface area contributed by atoms with E-state index in [0.29, 0.717) is 41.4 Å². The van der Waals surface area contributed by atoms with Crippen LogP contribution < -0.4 is 19.1 Å². The molecule has 3 aliphatic rings. The summed E-state index contributed by atoms with van der Waals surface area (Å²) in [4.78, 5) is 29.0. The second-order valence-corrected chi connectivity index (χ2v) is 9.89. The number of anilines is 1. The summed E-state index contributed by atoms with van der Waals surface area (Å²) in [6.07, 6.45) is 0.252. The molecule has 3 heterocycles. The van der Waals surface area contributed by atoms with Gasteiger partial charge in [-0.15, -0.1) is 23.2 Å². The van der Waals surface area contributed by atoms with Crippen LogP contribution in [0, 0.1) is 12.8 Å². The van der Waals surface area contributed by atoms with Crippen molar-refractivity contribution in [2.24, 2.45) is 5.92 Å². The third-order valence-corrected chi connectivity index (χ3v) is 7.44. The van der Waals surface area contributed by atoms with E-state index in [-0.39, 0.29) is 28.3 Å². The zero-order chi connectivity index (χ0) is 25.0. The molecule has 5 unspecified atom stereocenters. The van der Waals surface area contributed by atoms with Crippen LogP contribution in [0.3, 0.4) is 0 Å². The van der Waals surface area contributed by atoms with Gasteiger partial charge in [-0.05, 0) is 37.5 Å². The molecule has 1 aromatic carbocycles. The number of ether oxygens (including phenoxy) is 4. The lowest BCUT2D eigenvalue weighted by Crippen LogP contribution is -2.47. The standard InChI is InChI=1S/C24H24Cl2N2O7/c1-10-5-17(27-35-10)28-19(11-6-15(31-2)22(33-4)16(7-11)32-3)18-20(29)13-8-12(25)9-14(26)21(13)34-23(18)24(28)30/h5-7,12-14,19,21H,8-9H2,1-4H3. The molecule has 2 aliphatic heterocycles. The Balaban J connectivity index is 1.70. The zero-order valence-electron chi connectivity index (χ0n) is 19.5. The number of rotatable bonds is 5. The number of fused-ring (bicyclic) bond motifs is 1. The Morgan fingerprint density at radius 2 is 1.71 bits per heavy atom. The average molecular weight is 523 g/mol. The third-order valence-electron chi connectivity index (χ3n) is 6.65. The van der Waals surface area contributed by atoms with E-state index in [1.165, 1.54) is 26.2 Å². The van der Waals surface area contributed by atoms with Crippen LogP contribution in [0.5, 0.6) is 17.2 Å². The lowest BCUT2D eigenvalue weighted by atomic mass is 9.77. The minimum Gasteiger partial charge on any atom is -0.493 e. The van der Waals surface area contributed by atoms with Crippen molar-refractivity contribution in [3.8, 4) is 17.2 Å². The quantitative estimate of drug-likeness (QED) is 0.544. The maximum Gasteiger partial charge on any atom is 0.295 e. The van der Waals surface area contributed by atoms with Gasteiger partial charge in [-0.2, -0.15) is 0 Å². The van der Waals surface area contributed by atoms with E-state index in [9.17, 15) is 9.59 Å². The summed E-state index contributed by atoms with van der Waals surface area (Å²) in [5, 5.41) is 3.29. The van der Waals surface area contributed by atoms with Gasteiger partial charge >= 0.3 is 0 Å². The fourth-order valence-electron chi connectivity index (χ4n) is 5.12. The number of nitrogens with zero attached hydrogens (tertiary/aromatic N) is 2. The number of hydrogen-bond donors (Lipinski definition) is 0. The van der Waals surface area contributed by atoms with E-state index in [0.717, 1.165) is 0 Å². The summed E-state index contributed by atoms with van der Waals surface area (Å²) < 4.78 is 27.9. The first-order chi connectivity index (χ1) is 16.8. The Hall–Kier alpha value is -2.91. The Kier molecular flexibility index (Phi) is 6.09. The molecule has 0 saturated heterocycles. The van der Waals surface area contributed by atoms with Gasteiger partial charge < -0.3 is 23.5 Å². The van der Waals surface area contributed by atoms with Crippen LogP contribution in [0.1, 0.15) is 30.2 Å². The van der Waals surface area contributed by atoms with Crippen molar-refractivity contribution >= 4 is 40.7 Å². The number of amides is 1. The van der Waals surface area contributed by atoms with E-state index in [1.807, 2.05) is 0 Å². The van der Waals surface area contributed by atoms with Gasteiger partial charge in [0, 0.05) is 11.4 Å². The molecule has 0 N–H and O–H groups in total. The molecule has 0 bridgehead atoms. The van der Waals surface area contributed by atoms with Crippen LogP contribution in [-0.4, -0.2) is 55.0 Å². The number of aryl methyl sites for hydroxylation is 1. The first-order valence-electron chi connectivity index (χ1n) is 11.1. The summed E-state index contributed by atoms with van der Waals surface area (Å²) in [6, 6.07) is 4.15. The molecule has 5 atom stereocenters. The van der Waals surface area contributed by atoms with Crippen LogP contribution in [-0.2, 0) is 14.3 Å². The molecule has 2 aromatic rings. The van der Waals surface area contributed by atoms with Gasteiger partial charge in [0.1, 0.15) is 11.9 Å². The molecule has 1 amide bonds. The number of aromatic nitrogens is 1. The molecule has 1 aromatic heterocycles. The third kappa shape index (κ3) is 3.72. The number of hydrogen-bond acceptors (Lipinski definition) is 8. The number of ketones is 1. The van der Waals surface area contributed by atoms with E-state index in [2.05, 4.69) is 5.16 Å². The van der Waals surface area contributed by atoms with Crippen molar-refractivity contribution in [3.63, 3.8) is 0 Å². The highest BCUT2D eigenvalue weighted by atomic mass is 35.5. The van der Waals surface area contributed by atoms with Crippen molar-refractivity contribution in [2.75, 3.05) is 26.2 Å². The summed E-state index contributed by atoms with van der Waals surface area (Å²) in [7, 11) is 4.48. The lowest BCUT2D eigenvalue weighted by Gasteiger charge is -2.39. The molecule has 35 heavy (non-hydrogen) atoms. The van der Waals surface area contributed by atoms with Gasteiger partial charge in [-0.3, -0.25) is 14.5 Å². The van der Waals surface area contributed by atoms with Crippen molar-refractivity contribution in [3.05, 3.63) is 40.9 Å². The van der Waals surface area contributed by atoms with Crippen LogP contribution in [0.25, 0.3) is 0 Å². The average Bonchev–Trinajstić information content (AvgIpc) is 3.39.